The minimum Gasteiger partial charge on any atom is -0.324 e. The van der Waals surface area contributed by atoms with Crippen molar-refractivity contribution < 1.29 is 0 Å². The summed E-state index contributed by atoms with van der Waals surface area (Å²) >= 11 is 1.55. The van der Waals surface area contributed by atoms with Gasteiger partial charge in [-0.05, 0) is 13.8 Å². The van der Waals surface area contributed by atoms with Gasteiger partial charge in [-0.1, -0.05) is 11.8 Å². The molecule has 0 amide bonds. The van der Waals surface area contributed by atoms with Gasteiger partial charge in [0.05, 0.1) is 12.6 Å². The number of hydrogen-bond donors (Lipinski definition) is 1. The highest BCUT2D eigenvalue weighted by atomic mass is 32.2. The molecule has 0 bridgehead atoms. The smallest absolute Gasteiger partial charge is 0.191 e. The van der Waals surface area contributed by atoms with Crippen LogP contribution in [0.25, 0.3) is 0 Å². The highest BCUT2D eigenvalue weighted by molar-refractivity contribution is 7.99. The van der Waals surface area contributed by atoms with Gasteiger partial charge in [-0.2, -0.15) is 5.26 Å². The Bertz CT molecular complexity index is 352. The van der Waals surface area contributed by atoms with Gasteiger partial charge in [-0.25, -0.2) is 0 Å². The van der Waals surface area contributed by atoms with Crippen LogP contribution in [-0.2, 0) is 6.54 Å². The largest absolute Gasteiger partial charge is 0.324 e. The second-order valence-electron chi connectivity index (χ2n) is 3.32. The molecule has 0 atom stereocenters. The molecule has 1 aromatic heterocycles. The van der Waals surface area contributed by atoms with E-state index in [0.717, 1.165) is 16.7 Å². The molecule has 0 aromatic carbocycles. The first-order valence-corrected chi connectivity index (χ1v) is 5.82. The quantitative estimate of drug-likeness (QED) is 0.604. The molecule has 82 valence electrons. The maximum absolute atomic E-state index is 8.45. The highest BCUT2D eigenvalue weighted by Gasteiger charge is 2.13. The van der Waals surface area contributed by atoms with Gasteiger partial charge in [0, 0.05) is 18.2 Å². The first-order valence-electron chi connectivity index (χ1n) is 4.84. The molecule has 0 saturated heterocycles. The maximum atomic E-state index is 8.45. The first-order chi connectivity index (χ1) is 7.20. The van der Waals surface area contributed by atoms with Crippen LogP contribution in [0.5, 0.6) is 0 Å². The number of aromatic nitrogens is 3. The van der Waals surface area contributed by atoms with E-state index in [2.05, 4.69) is 30.1 Å². The lowest BCUT2D eigenvalue weighted by atomic mass is 10.4. The molecule has 1 rings (SSSR count). The molecule has 0 aliphatic heterocycles. The van der Waals surface area contributed by atoms with Crippen molar-refractivity contribution in [2.24, 2.45) is 5.73 Å². The zero-order chi connectivity index (χ0) is 11.3. The van der Waals surface area contributed by atoms with E-state index in [4.69, 9.17) is 11.0 Å². The molecule has 0 saturated carbocycles. The Kier molecular flexibility index (Phi) is 4.59. The van der Waals surface area contributed by atoms with Gasteiger partial charge in [-0.3, -0.25) is 0 Å². The molecule has 0 spiro atoms. The third kappa shape index (κ3) is 2.94. The van der Waals surface area contributed by atoms with Crippen molar-refractivity contribution in [1.82, 2.24) is 14.8 Å². The molecule has 2 N–H and O–H groups in total. The van der Waals surface area contributed by atoms with E-state index in [1.807, 2.05) is 4.57 Å². The Balaban J connectivity index is 2.79. The zero-order valence-corrected chi connectivity index (χ0v) is 9.79. The predicted octanol–water partition coefficient (Wildman–Crippen LogP) is 1.32. The summed E-state index contributed by atoms with van der Waals surface area (Å²) in [6.45, 7) is 4.53. The van der Waals surface area contributed by atoms with Crippen LogP contribution in [-0.4, -0.2) is 20.5 Å². The van der Waals surface area contributed by atoms with E-state index in [9.17, 15) is 0 Å². The van der Waals surface area contributed by atoms with E-state index in [-0.39, 0.29) is 0 Å². The summed E-state index contributed by atoms with van der Waals surface area (Å²) in [6, 6.07) is 2.40. The van der Waals surface area contributed by atoms with Crippen LogP contribution in [0.1, 0.15) is 32.1 Å². The average Bonchev–Trinajstić information content (AvgIpc) is 2.61. The van der Waals surface area contributed by atoms with Crippen molar-refractivity contribution in [3.63, 3.8) is 0 Å². The fourth-order valence-electron chi connectivity index (χ4n) is 1.25. The minimum absolute atomic E-state index is 0.295. The Morgan fingerprint density at radius 3 is 2.80 bits per heavy atom. The van der Waals surface area contributed by atoms with Crippen LogP contribution in [0.3, 0.4) is 0 Å². The van der Waals surface area contributed by atoms with Gasteiger partial charge in [0.25, 0.3) is 0 Å². The molecule has 0 aliphatic rings. The first kappa shape index (κ1) is 12.0. The van der Waals surface area contributed by atoms with Crippen molar-refractivity contribution in [3.8, 4) is 6.07 Å². The minimum atomic E-state index is 0.295. The molecule has 1 aromatic rings. The standard InChI is InChI=1S/C9H15N5S/c1-7(2)14-8(6-11)12-13-9(14)15-5-3-4-10/h7H,3,5-6,11H2,1-2H3. The summed E-state index contributed by atoms with van der Waals surface area (Å²) in [5.74, 6) is 1.54. The number of nitrogens with zero attached hydrogens (tertiary/aromatic N) is 4. The Labute approximate surface area is 93.7 Å². The number of nitrogens with two attached hydrogens (primary N) is 1. The number of nitriles is 1. The topological polar surface area (TPSA) is 80.5 Å². The molecule has 0 radical (unpaired) electrons. The molecule has 1 heterocycles. The van der Waals surface area contributed by atoms with E-state index in [1.54, 1.807) is 11.8 Å². The monoisotopic (exact) mass is 225 g/mol. The van der Waals surface area contributed by atoms with Gasteiger partial charge in [-0.15, -0.1) is 10.2 Å². The lowest BCUT2D eigenvalue weighted by Gasteiger charge is -2.12. The number of thioether (sulfide) groups is 1. The summed E-state index contributed by atoms with van der Waals surface area (Å²) in [4.78, 5) is 0. The normalized spacial score (nSPS) is 10.6. The van der Waals surface area contributed by atoms with Gasteiger partial charge in [0.15, 0.2) is 5.16 Å². The Morgan fingerprint density at radius 2 is 2.27 bits per heavy atom. The molecule has 0 aliphatic carbocycles. The number of hydrogen-bond acceptors (Lipinski definition) is 5. The second-order valence-corrected chi connectivity index (χ2v) is 4.39. The Morgan fingerprint density at radius 1 is 1.53 bits per heavy atom. The molecule has 6 heteroatoms. The predicted molar refractivity (Wildman–Crippen MR) is 59.3 cm³/mol. The maximum Gasteiger partial charge on any atom is 0.191 e. The second kappa shape index (κ2) is 5.73. The Hall–Kier alpha value is -1.06. The van der Waals surface area contributed by atoms with Crippen LogP contribution in [0, 0.1) is 11.3 Å². The van der Waals surface area contributed by atoms with Gasteiger partial charge < -0.3 is 10.3 Å². The fourth-order valence-corrected chi connectivity index (χ4v) is 2.18. The summed E-state index contributed by atoms with van der Waals surface area (Å²) in [5, 5.41) is 17.4. The fraction of sp³-hybridized carbons (Fsp3) is 0.667. The zero-order valence-electron chi connectivity index (χ0n) is 8.97. The van der Waals surface area contributed by atoms with Crippen LogP contribution in [0.15, 0.2) is 5.16 Å². The number of rotatable bonds is 5. The molecule has 15 heavy (non-hydrogen) atoms. The average molecular weight is 225 g/mol. The van der Waals surface area contributed by atoms with Crippen molar-refractivity contribution in [2.45, 2.75) is 38.0 Å². The van der Waals surface area contributed by atoms with Gasteiger partial charge >= 0.3 is 0 Å². The third-order valence-electron chi connectivity index (χ3n) is 1.88. The summed E-state index contributed by atoms with van der Waals surface area (Å²) in [5.41, 5.74) is 5.57. The van der Waals surface area contributed by atoms with Crippen molar-refractivity contribution in [2.75, 3.05) is 5.75 Å². The summed E-state index contributed by atoms with van der Waals surface area (Å²) < 4.78 is 2.02. The lowest BCUT2D eigenvalue weighted by Crippen LogP contribution is -2.11. The van der Waals surface area contributed by atoms with Crippen molar-refractivity contribution in [3.05, 3.63) is 5.82 Å². The van der Waals surface area contributed by atoms with E-state index in [0.29, 0.717) is 19.0 Å². The molecule has 0 unspecified atom stereocenters. The van der Waals surface area contributed by atoms with E-state index in [1.165, 1.54) is 0 Å². The van der Waals surface area contributed by atoms with E-state index < -0.39 is 0 Å². The van der Waals surface area contributed by atoms with Crippen molar-refractivity contribution in [1.29, 1.82) is 5.26 Å². The summed E-state index contributed by atoms with van der Waals surface area (Å²) in [7, 11) is 0. The molecular formula is C9H15N5S. The van der Waals surface area contributed by atoms with Gasteiger partial charge in [0.1, 0.15) is 5.82 Å². The van der Waals surface area contributed by atoms with E-state index >= 15 is 0 Å². The van der Waals surface area contributed by atoms with Crippen LogP contribution in [0.4, 0.5) is 0 Å². The van der Waals surface area contributed by atoms with Crippen LogP contribution < -0.4 is 5.73 Å². The van der Waals surface area contributed by atoms with Crippen LogP contribution in [0.2, 0.25) is 0 Å². The molecule has 5 nitrogen and oxygen atoms in total. The molecule has 0 fully saturated rings. The SMILES string of the molecule is CC(C)n1c(CN)nnc1SCCC#N. The third-order valence-corrected chi connectivity index (χ3v) is 2.82. The molecular weight excluding hydrogens is 210 g/mol. The lowest BCUT2D eigenvalue weighted by molar-refractivity contribution is 0.526. The van der Waals surface area contributed by atoms with Crippen LogP contribution >= 0.6 is 11.8 Å². The highest BCUT2D eigenvalue weighted by Crippen LogP contribution is 2.21. The van der Waals surface area contributed by atoms with Gasteiger partial charge in [0.2, 0.25) is 0 Å². The van der Waals surface area contributed by atoms with Crippen molar-refractivity contribution >= 4 is 11.8 Å². The summed E-state index contributed by atoms with van der Waals surface area (Å²) in [6.07, 6.45) is 0.521.